The van der Waals surface area contributed by atoms with E-state index in [9.17, 15) is 0 Å². The molecule has 21 heavy (non-hydrogen) atoms. The van der Waals surface area contributed by atoms with Gasteiger partial charge in [0.25, 0.3) is 0 Å². The summed E-state index contributed by atoms with van der Waals surface area (Å²) in [6, 6.07) is 20.9. The Kier molecular flexibility index (Phi) is 4.18. The molecule has 3 rings (SSSR count). The highest BCUT2D eigenvalue weighted by Gasteiger charge is 2.10. The van der Waals surface area contributed by atoms with E-state index in [4.69, 9.17) is 11.6 Å². The summed E-state index contributed by atoms with van der Waals surface area (Å²) in [7, 11) is 0. The van der Waals surface area contributed by atoms with Crippen LogP contribution in [0.3, 0.4) is 0 Å². The Balaban J connectivity index is 1.95. The van der Waals surface area contributed by atoms with Crippen LogP contribution in [0.5, 0.6) is 0 Å². The second kappa shape index (κ2) is 6.08. The van der Waals surface area contributed by atoms with Crippen LogP contribution in [-0.2, 0) is 0 Å². The van der Waals surface area contributed by atoms with E-state index in [0.717, 1.165) is 15.2 Å². The maximum atomic E-state index is 6.29. The Labute approximate surface area is 138 Å². The Morgan fingerprint density at radius 1 is 1.00 bits per heavy atom. The van der Waals surface area contributed by atoms with Crippen molar-refractivity contribution in [1.29, 1.82) is 0 Å². The van der Waals surface area contributed by atoms with Crippen molar-refractivity contribution < 1.29 is 0 Å². The lowest BCUT2D eigenvalue weighted by atomic mass is 9.99. The van der Waals surface area contributed by atoms with E-state index in [-0.39, 0.29) is 6.04 Å². The molecule has 0 fully saturated rings. The van der Waals surface area contributed by atoms with E-state index in [2.05, 4.69) is 70.6 Å². The van der Waals surface area contributed by atoms with Crippen LogP contribution in [0.15, 0.2) is 65.1 Å². The van der Waals surface area contributed by atoms with E-state index in [0.29, 0.717) is 0 Å². The lowest BCUT2D eigenvalue weighted by Crippen LogP contribution is -2.07. The van der Waals surface area contributed by atoms with Gasteiger partial charge in [-0.3, -0.25) is 0 Å². The molecule has 3 aromatic rings. The maximum absolute atomic E-state index is 6.29. The predicted molar refractivity (Wildman–Crippen MR) is 95.1 cm³/mol. The zero-order valence-corrected chi connectivity index (χ0v) is 13.9. The quantitative estimate of drug-likeness (QED) is 0.567. The van der Waals surface area contributed by atoms with Gasteiger partial charge >= 0.3 is 0 Å². The minimum atomic E-state index is 0.176. The van der Waals surface area contributed by atoms with Gasteiger partial charge in [0.2, 0.25) is 0 Å². The minimum absolute atomic E-state index is 0.176. The molecule has 0 amide bonds. The van der Waals surface area contributed by atoms with Gasteiger partial charge in [-0.15, -0.1) is 0 Å². The molecular formula is C18H15BrClN. The van der Waals surface area contributed by atoms with Crippen molar-refractivity contribution in [2.24, 2.45) is 0 Å². The molecule has 0 radical (unpaired) electrons. The van der Waals surface area contributed by atoms with Crippen molar-refractivity contribution in [3.8, 4) is 0 Å². The van der Waals surface area contributed by atoms with Crippen LogP contribution in [0.25, 0.3) is 10.8 Å². The molecule has 3 aromatic carbocycles. The Hall–Kier alpha value is -1.51. The lowest BCUT2D eigenvalue weighted by molar-refractivity contribution is 0.894. The zero-order valence-electron chi connectivity index (χ0n) is 11.6. The van der Waals surface area contributed by atoms with Crippen LogP contribution < -0.4 is 5.32 Å². The van der Waals surface area contributed by atoms with E-state index in [1.165, 1.54) is 16.3 Å². The number of hydrogen-bond donors (Lipinski definition) is 1. The molecule has 1 atom stereocenters. The molecule has 1 unspecified atom stereocenters. The van der Waals surface area contributed by atoms with Crippen molar-refractivity contribution in [2.75, 3.05) is 5.32 Å². The average Bonchev–Trinajstić information content (AvgIpc) is 2.49. The molecule has 0 heterocycles. The molecule has 0 bridgehead atoms. The van der Waals surface area contributed by atoms with Crippen molar-refractivity contribution in [3.05, 3.63) is 75.7 Å². The molecule has 0 aliphatic carbocycles. The molecule has 3 heteroatoms. The van der Waals surface area contributed by atoms with Crippen LogP contribution >= 0.6 is 27.5 Å². The van der Waals surface area contributed by atoms with Crippen molar-refractivity contribution in [2.45, 2.75) is 13.0 Å². The summed E-state index contributed by atoms with van der Waals surface area (Å²) in [5.41, 5.74) is 2.22. The first kappa shape index (κ1) is 14.4. The van der Waals surface area contributed by atoms with Crippen molar-refractivity contribution in [3.63, 3.8) is 0 Å². The van der Waals surface area contributed by atoms with Crippen LogP contribution in [-0.4, -0.2) is 0 Å². The number of benzene rings is 3. The standard InChI is InChI=1S/C18H15BrClN/c1-12(21-18-10-9-14(19)11-17(18)20)15-8-4-6-13-5-2-3-7-16(13)15/h2-12,21H,1H3. The van der Waals surface area contributed by atoms with Gasteiger partial charge in [0.05, 0.1) is 10.7 Å². The molecule has 0 aliphatic heterocycles. The number of rotatable bonds is 3. The zero-order chi connectivity index (χ0) is 14.8. The monoisotopic (exact) mass is 359 g/mol. The molecular weight excluding hydrogens is 346 g/mol. The number of fused-ring (bicyclic) bond motifs is 1. The lowest BCUT2D eigenvalue weighted by Gasteiger charge is -2.19. The fraction of sp³-hybridized carbons (Fsp3) is 0.111. The highest BCUT2D eigenvalue weighted by atomic mass is 79.9. The molecule has 106 valence electrons. The van der Waals surface area contributed by atoms with Gasteiger partial charge in [0.1, 0.15) is 0 Å². The third-order valence-corrected chi connectivity index (χ3v) is 4.40. The molecule has 0 aliphatic rings. The minimum Gasteiger partial charge on any atom is -0.377 e. The van der Waals surface area contributed by atoms with Crippen molar-refractivity contribution >= 4 is 44.0 Å². The van der Waals surface area contributed by atoms with E-state index >= 15 is 0 Å². The number of nitrogens with one attached hydrogen (secondary N) is 1. The van der Waals surface area contributed by atoms with Gasteiger partial charge in [0, 0.05) is 10.5 Å². The van der Waals surface area contributed by atoms with E-state index in [1.54, 1.807) is 0 Å². The molecule has 0 spiro atoms. The summed E-state index contributed by atoms with van der Waals surface area (Å²) in [6.07, 6.45) is 0. The van der Waals surface area contributed by atoms with Gasteiger partial charge in [-0.05, 0) is 41.5 Å². The number of anilines is 1. The van der Waals surface area contributed by atoms with Gasteiger partial charge in [-0.1, -0.05) is 70.0 Å². The van der Waals surface area contributed by atoms with Gasteiger partial charge < -0.3 is 5.32 Å². The molecule has 1 nitrogen and oxygen atoms in total. The fourth-order valence-corrected chi connectivity index (χ4v) is 3.27. The van der Waals surface area contributed by atoms with E-state index in [1.807, 2.05) is 18.2 Å². The van der Waals surface area contributed by atoms with Gasteiger partial charge in [-0.2, -0.15) is 0 Å². The van der Waals surface area contributed by atoms with Gasteiger partial charge in [0.15, 0.2) is 0 Å². The molecule has 0 saturated carbocycles. The normalized spacial score (nSPS) is 12.3. The van der Waals surface area contributed by atoms with Crippen LogP contribution in [0.1, 0.15) is 18.5 Å². The Bertz CT molecular complexity index is 780. The number of hydrogen-bond acceptors (Lipinski definition) is 1. The summed E-state index contributed by atoms with van der Waals surface area (Å²) in [4.78, 5) is 0. The second-order valence-corrected chi connectivity index (χ2v) is 6.38. The second-order valence-electron chi connectivity index (χ2n) is 5.06. The van der Waals surface area contributed by atoms with Gasteiger partial charge in [-0.25, -0.2) is 0 Å². The SMILES string of the molecule is CC(Nc1ccc(Br)cc1Cl)c1cccc2ccccc12. The summed E-state index contributed by atoms with van der Waals surface area (Å²) in [6.45, 7) is 2.15. The first-order chi connectivity index (χ1) is 10.1. The third-order valence-electron chi connectivity index (χ3n) is 3.59. The molecule has 0 aromatic heterocycles. The summed E-state index contributed by atoms with van der Waals surface area (Å²) in [5.74, 6) is 0. The highest BCUT2D eigenvalue weighted by molar-refractivity contribution is 9.10. The first-order valence-corrected chi connectivity index (χ1v) is 8.01. The molecule has 1 N–H and O–H groups in total. The largest absolute Gasteiger partial charge is 0.377 e. The summed E-state index contributed by atoms with van der Waals surface area (Å²) >= 11 is 9.71. The number of halogens is 2. The molecule has 0 saturated heterocycles. The van der Waals surface area contributed by atoms with Crippen LogP contribution in [0.2, 0.25) is 5.02 Å². The maximum Gasteiger partial charge on any atom is 0.0648 e. The smallest absolute Gasteiger partial charge is 0.0648 e. The fourth-order valence-electron chi connectivity index (χ4n) is 2.55. The third kappa shape index (κ3) is 3.07. The predicted octanol–water partition coefficient (Wildman–Crippen LogP) is 6.43. The Morgan fingerprint density at radius 2 is 1.76 bits per heavy atom. The van der Waals surface area contributed by atoms with Crippen LogP contribution in [0, 0.1) is 0 Å². The Morgan fingerprint density at radius 3 is 2.57 bits per heavy atom. The van der Waals surface area contributed by atoms with Crippen molar-refractivity contribution in [1.82, 2.24) is 0 Å². The highest BCUT2D eigenvalue weighted by Crippen LogP contribution is 2.31. The average molecular weight is 361 g/mol. The van der Waals surface area contributed by atoms with Crippen LogP contribution in [0.4, 0.5) is 5.69 Å². The first-order valence-electron chi connectivity index (χ1n) is 6.84. The summed E-state index contributed by atoms with van der Waals surface area (Å²) < 4.78 is 0.982. The van der Waals surface area contributed by atoms with E-state index < -0.39 is 0 Å². The summed E-state index contributed by atoms with van der Waals surface area (Å²) in [5, 5.41) is 6.74. The topological polar surface area (TPSA) is 12.0 Å².